The van der Waals surface area contributed by atoms with Gasteiger partial charge in [0.1, 0.15) is 11.2 Å². The molecule has 1 fully saturated rings. The smallest absolute Gasteiger partial charge is 0.254 e. The van der Waals surface area contributed by atoms with Crippen LogP contribution in [0.2, 0.25) is 0 Å². The highest BCUT2D eigenvalue weighted by Crippen LogP contribution is 2.39. The summed E-state index contributed by atoms with van der Waals surface area (Å²) in [6.07, 6.45) is 2.29. The number of alkyl halides is 1. The van der Waals surface area contributed by atoms with E-state index in [0.29, 0.717) is 30.3 Å². The van der Waals surface area contributed by atoms with E-state index in [1.807, 2.05) is 0 Å². The minimum absolute atomic E-state index is 0.0603. The maximum Gasteiger partial charge on any atom is 0.254 e. The molecular weight excluding hydrogens is 306 g/mol. The molecule has 5 nitrogen and oxygen atoms in total. The highest BCUT2D eigenvalue weighted by molar-refractivity contribution is 6.32. The molecule has 2 rings (SSSR count). The van der Waals surface area contributed by atoms with E-state index in [0.717, 1.165) is 6.29 Å². The Bertz CT molecular complexity index is 541. The molecule has 120 valence electrons. The predicted molar refractivity (Wildman–Crippen MR) is 84.5 cm³/mol. The predicted octanol–water partition coefficient (Wildman–Crippen LogP) is 2.17. The van der Waals surface area contributed by atoms with Gasteiger partial charge in [0.05, 0.1) is 5.56 Å². The maximum atomic E-state index is 12.3. The van der Waals surface area contributed by atoms with Crippen LogP contribution in [0.3, 0.4) is 0 Å². The molecule has 0 saturated heterocycles. The van der Waals surface area contributed by atoms with Crippen LogP contribution in [0.15, 0.2) is 24.3 Å². The number of rotatable bonds is 4. The van der Waals surface area contributed by atoms with Gasteiger partial charge in [-0.1, -0.05) is 18.2 Å². The highest BCUT2D eigenvalue weighted by Gasteiger charge is 2.45. The molecule has 0 unspecified atom stereocenters. The van der Waals surface area contributed by atoms with Gasteiger partial charge in [-0.15, -0.1) is 11.6 Å². The Hall–Kier alpha value is -1.72. The number of halogens is 1. The molecule has 0 bridgehead atoms. The van der Waals surface area contributed by atoms with Gasteiger partial charge in [0.2, 0.25) is 0 Å². The van der Waals surface area contributed by atoms with Crippen molar-refractivity contribution in [3.05, 3.63) is 35.4 Å². The lowest BCUT2D eigenvalue weighted by molar-refractivity contribution is -0.113. The number of hydrogen-bond acceptors (Lipinski definition) is 4. The van der Waals surface area contributed by atoms with Crippen molar-refractivity contribution in [2.75, 3.05) is 21.3 Å². The largest absolute Gasteiger partial charge is 0.388 e. The van der Waals surface area contributed by atoms with E-state index in [-0.39, 0.29) is 11.9 Å². The topological polar surface area (TPSA) is 63.7 Å². The third-order valence-electron chi connectivity index (χ3n) is 3.55. The molecule has 22 heavy (non-hydrogen) atoms. The minimum Gasteiger partial charge on any atom is -0.388 e. The van der Waals surface area contributed by atoms with Crippen LogP contribution < -0.4 is 0 Å². The summed E-state index contributed by atoms with van der Waals surface area (Å²) in [5, 5.41) is 0. The number of carbonyl (C=O) groups is 3. The molecule has 1 amide bonds. The van der Waals surface area contributed by atoms with Crippen molar-refractivity contribution in [2.45, 2.75) is 23.8 Å². The Balaban J connectivity index is 0.000000745. The minimum atomic E-state index is -0.830. The van der Waals surface area contributed by atoms with Gasteiger partial charge in [-0.05, 0) is 18.9 Å². The average molecular weight is 326 g/mol. The van der Waals surface area contributed by atoms with Gasteiger partial charge in [-0.25, -0.2) is 0 Å². The summed E-state index contributed by atoms with van der Waals surface area (Å²) in [4.78, 5) is 34.7. The van der Waals surface area contributed by atoms with Crippen LogP contribution in [0.5, 0.6) is 0 Å². The zero-order valence-electron chi connectivity index (χ0n) is 12.9. The first-order chi connectivity index (χ1) is 10.4. The molecular formula is C16H20ClNO4. The maximum absolute atomic E-state index is 12.3. The normalized spacial score (nSPS) is 22.6. The number of methoxy groups -OCH3 is 1. The number of benzene rings is 1. The van der Waals surface area contributed by atoms with Crippen molar-refractivity contribution in [2.24, 2.45) is 0 Å². The first-order valence-electron chi connectivity index (χ1n) is 6.79. The highest BCUT2D eigenvalue weighted by atomic mass is 35.5. The number of ether oxygens (including phenoxy) is 1. The Morgan fingerprint density at radius 3 is 2.36 bits per heavy atom. The third-order valence-corrected chi connectivity index (χ3v) is 3.95. The van der Waals surface area contributed by atoms with Crippen LogP contribution >= 0.6 is 11.6 Å². The number of carbonyl (C=O) groups excluding carboxylic acids is 3. The summed E-state index contributed by atoms with van der Waals surface area (Å²) in [6, 6.07) is 6.59. The summed E-state index contributed by atoms with van der Waals surface area (Å²) < 4.78 is 4.25. The number of amides is 1. The van der Waals surface area contributed by atoms with Crippen LogP contribution in [0.25, 0.3) is 0 Å². The summed E-state index contributed by atoms with van der Waals surface area (Å²) in [7, 11) is 4.91. The van der Waals surface area contributed by atoms with Crippen molar-refractivity contribution in [3.63, 3.8) is 0 Å². The summed E-state index contributed by atoms with van der Waals surface area (Å²) in [5.74, 6) is -0.225. The van der Waals surface area contributed by atoms with Crippen LogP contribution in [-0.2, 0) is 9.53 Å². The molecule has 0 radical (unpaired) electrons. The van der Waals surface area contributed by atoms with Gasteiger partial charge in [0, 0.05) is 32.9 Å². The monoisotopic (exact) mass is 325 g/mol. The lowest BCUT2D eigenvalue weighted by Gasteiger charge is -2.43. The molecule has 0 spiro atoms. The fourth-order valence-electron chi connectivity index (χ4n) is 2.24. The SMILES string of the molecule is CN(C(=O)c1ccccc1C=O)C1CC(Cl)(C=O)C1.COC. The van der Waals surface area contributed by atoms with Crippen LogP contribution in [0.4, 0.5) is 0 Å². The van der Waals surface area contributed by atoms with Crippen molar-refractivity contribution in [3.8, 4) is 0 Å². The fourth-order valence-corrected chi connectivity index (χ4v) is 2.60. The molecule has 1 aromatic carbocycles. The first-order valence-corrected chi connectivity index (χ1v) is 7.17. The Morgan fingerprint density at radius 2 is 1.86 bits per heavy atom. The molecule has 1 aromatic rings. The molecule has 1 saturated carbocycles. The molecule has 0 aliphatic heterocycles. The number of nitrogens with zero attached hydrogens (tertiary/aromatic N) is 1. The second-order valence-corrected chi connectivity index (χ2v) is 6.00. The molecule has 0 atom stereocenters. The van der Waals surface area contributed by atoms with Crippen LogP contribution in [0, 0.1) is 0 Å². The van der Waals surface area contributed by atoms with Gasteiger partial charge >= 0.3 is 0 Å². The quantitative estimate of drug-likeness (QED) is 0.628. The lowest BCUT2D eigenvalue weighted by atomic mass is 9.79. The zero-order valence-corrected chi connectivity index (χ0v) is 13.7. The van der Waals surface area contributed by atoms with E-state index < -0.39 is 4.87 Å². The van der Waals surface area contributed by atoms with E-state index in [9.17, 15) is 14.4 Å². The second kappa shape index (κ2) is 8.06. The van der Waals surface area contributed by atoms with Crippen molar-refractivity contribution < 1.29 is 19.1 Å². The molecule has 1 aliphatic rings. The number of hydrogen-bond donors (Lipinski definition) is 0. The van der Waals surface area contributed by atoms with Gasteiger partial charge < -0.3 is 14.4 Å². The summed E-state index contributed by atoms with van der Waals surface area (Å²) in [5.41, 5.74) is 0.740. The van der Waals surface area contributed by atoms with Crippen molar-refractivity contribution >= 4 is 30.1 Å². The second-order valence-electron chi connectivity index (χ2n) is 5.24. The van der Waals surface area contributed by atoms with Crippen LogP contribution in [0.1, 0.15) is 33.6 Å². The standard InChI is InChI=1S/C14H14ClNO3.C2H6O/c1-16(11-6-14(15,7-11)9-18)13(19)12-5-3-2-4-10(12)8-17;1-3-2/h2-5,8-9,11H,6-7H2,1H3;1-2H3. The Morgan fingerprint density at radius 1 is 1.32 bits per heavy atom. The van der Waals surface area contributed by atoms with E-state index in [1.165, 1.54) is 0 Å². The van der Waals surface area contributed by atoms with Gasteiger partial charge in [0.25, 0.3) is 5.91 Å². The summed E-state index contributed by atoms with van der Waals surface area (Å²) in [6.45, 7) is 0. The van der Waals surface area contributed by atoms with E-state index in [2.05, 4.69) is 4.74 Å². The van der Waals surface area contributed by atoms with Crippen molar-refractivity contribution in [1.29, 1.82) is 0 Å². The third kappa shape index (κ3) is 4.15. The Labute approximate surface area is 135 Å². The zero-order chi connectivity index (χ0) is 16.8. The van der Waals surface area contributed by atoms with E-state index in [1.54, 1.807) is 50.4 Å². The first kappa shape index (κ1) is 18.3. The fraction of sp³-hybridized carbons (Fsp3) is 0.438. The lowest BCUT2D eigenvalue weighted by Crippen LogP contribution is -2.53. The average Bonchev–Trinajstić information content (AvgIpc) is 2.51. The van der Waals surface area contributed by atoms with Gasteiger partial charge in [-0.2, -0.15) is 0 Å². The van der Waals surface area contributed by atoms with Gasteiger partial charge in [-0.3, -0.25) is 9.59 Å². The molecule has 1 aliphatic carbocycles. The van der Waals surface area contributed by atoms with Crippen molar-refractivity contribution in [1.82, 2.24) is 4.90 Å². The van der Waals surface area contributed by atoms with Crippen LogP contribution in [-0.4, -0.2) is 55.6 Å². The molecule has 6 heteroatoms. The number of aldehydes is 2. The van der Waals surface area contributed by atoms with Gasteiger partial charge in [0.15, 0.2) is 6.29 Å². The molecule has 0 heterocycles. The van der Waals surface area contributed by atoms with E-state index >= 15 is 0 Å². The Kier molecular flexibility index (Phi) is 6.71. The summed E-state index contributed by atoms with van der Waals surface area (Å²) >= 11 is 5.98. The van der Waals surface area contributed by atoms with E-state index in [4.69, 9.17) is 11.6 Å². The molecule has 0 N–H and O–H groups in total. The molecule has 0 aromatic heterocycles.